The van der Waals surface area contributed by atoms with E-state index in [4.69, 9.17) is 5.73 Å². The zero-order chi connectivity index (χ0) is 28.2. The smallest absolute Gasteiger partial charge is 0.187 e. The van der Waals surface area contributed by atoms with Crippen LogP contribution in [0.25, 0.3) is 33.3 Å². The molecular weight excluding hydrogens is 515 g/mol. The molecule has 0 spiro atoms. The minimum absolute atomic E-state index is 0.00239. The highest BCUT2D eigenvalue weighted by atomic mass is 19.2. The summed E-state index contributed by atoms with van der Waals surface area (Å²) in [6, 6.07) is 14.2. The highest BCUT2D eigenvalue weighted by molar-refractivity contribution is 5.89. The van der Waals surface area contributed by atoms with E-state index in [1.807, 2.05) is 26.0 Å². The fourth-order valence-corrected chi connectivity index (χ4v) is 6.56. The van der Waals surface area contributed by atoms with Crippen molar-refractivity contribution in [2.75, 3.05) is 0 Å². The molecule has 3 aromatic carbocycles. The molecule has 3 N–H and O–H groups in total. The van der Waals surface area contributed by atoms with E-state index >= 15 is 8.78 Å². The van der Waals surface area contributed by atoms with Gasteiger partial charge in [-0.05, 0) is 78.6 Å². The zero-order valence-electron chi connectivity index (χ0n) is 22.7. The summed E-state index contributed by atoms with van der Waals surface area (Å²) in [6.07, 6.45) is 4.06. The van der Waals surface area contributed by atoms with Gasteiger partial charge in [-0.1, -0.05) is 43.3 Å². The van der Waals surface area contributed by atoms with Crippen LogP contribution >= 0.6 is 0 Å². The van der Waals surface area contributed by atoms with Crippen molar-refractivity contribution in [3.63, 3.8) is 0 Å². The van der Waals surface area contributed by atoms with E-state index in [-0.39, 0.29) is 29.2 Å². The van der Waals surface area contributed by atoms with Crippen LogP contribution in [0.2, 0.25) is 0 Å². The predicted molar refractivity (Wildman–Crippen MR) is 149 cm³/mol. The van der Waals surface area contributed by atoms with Gasteiger partial charge in [0.05, 0.1) is 12.1 Å². The number of aromatic nitrogens is 3. The third-order valence-electron chi connectivity index (χ3n) is 9.04. The van der Waals surface area contributed by atoms with Crippen LogP contribution in [0.15, 0.2) is 48.5 Å². The topological polar surface area (TPSA) is 80.2 Å². The van der Waals surface area contributed by atoms with E-state index in [0.717, 1.165) is 24.8 Å². The number of rotatable bonds is 8. The largest absolute Gasteiger partial charge is 0.388 e. The van der Waals surface area contributed by atoms with E-state index in [0.29, 0.717) is 48.2 Å². The molecule has 3 heterocycles. The number of halogens is 3. The van der Waals surface area contributed by atoms with Crippen LogP contribution in [0.4, 0.5) is 13.2 Å². The number of aliphatic hydroxyl groups is 1. The van der Waals surface area contributed by atoms with Gasteiger partial charge in [-0.2, -0.15) is 0 Å². The normalized spacial score (nSPS) is 21.1. The minimum atomic E-state index is -1.11. The van der Waals surface area contributed by atoms with E-state index < -0.39 is 23.1 Å². The molecule has 0 unspecified atom stereocenters. The molecule has 6 nitrogen and oxygen atoms in total. The van der Waals surface area contributed by atoms with Crippen molar-refractivity contribution in [1.29, 1.82) is 0 Å². The van der Waals surface area contributed by atoms with Crippen molar-refractivity contribution < 1.29 is 18.3 Å². The van der Waals surface area contributed by atoms with Gasteiger partial charge in [0.25, 0.3) is 0 Å². The number of hydrogen-bond acceptors (Lipinski definition) is 5. The molecule has 9 heteroatoms. The first-order chi connectivity index (χ1) is 19.2. The molecule has 40 heavy (non-hydrogen) atoms. The van der Waals surface area contributed by atoms with Crippen LogP contribution < -0.4 is 5.73 Å². The van der Waals surface area contributed by atoms with Crippen LogP contribution in [0, 0.1) is 17.5 Å². The quantitative estimate of drug-likeness (QED) is 0.291. The maximum Gasteiger partial charge on any atom is 0.187 e. The first-order valence-corrected chi connectivity index (χ1v) is 14.1. The molecule has 2 aliphatic heterocycles. The van der Waals surface area contributed by atoms with Crippen molar-refractivity contribution in [3.05, 3.63) is 71.5 Å². The highest BCUT2D eigenvalue weighted by Crippen LogP contribution is 2.41. The number of hydrogen-bond donors (Lipinski definition) is 2. The first-order valence-electron chi connectivity index (χ1n) is 14.1. The maximum absolute atomic E-state index is 15.8. The molecule has 3 atom stereocenters. The molecule has 2 aliphatic rings. The second-order valence-corrected chi connectivity index (χ2v) is 11.4. The summed E-state index contributed by atoms with van der Waals surface area (Å²) in [5, 5.41) is 18.9. The lowest BCUT2D eigenvalue weighted by Crippen LogP contribution is -2.36. The molecule has 1 aromatic heterocycles. The van der Waals surface area contributed by atoms with Crippen LogP contribution in [0.3, 0.4) is 0 Å². The summed E-state index contributed by atoms with van der Waals surface area (Å²) in [7, 11) is 0. The van der Waals surface area contributed by atoms with Crippen molar-refractivity contribution in [2.24, 2.45) is 5.73 Å². The third kappa shape index (κ3) is 4.60. The summed E-state index contributed by atoms with van der Waals surface area (Å²) in [6.45, 7) is 4.35. The molecule has 2 saturated heterocycles. The molecule has 0 saturated carbocycles. The van der Waals surface area contributed by atoms with Gasteiger partial charge < -0.3 is 10.8 Å². The van der Waals surface area contributed by atoms with Gasteiger partial charge >= 0.3 is 0 Å². The van der Waals surface area contributed by atoms with Gasteiger partial charge in [0.15, 0.2) is 11.6 Å². The molecule has 2 fully saturated rings. The maximum atomic E-state index is 15.8. The fourth-order valence-electron chi connectivity index (χ4n) is 6.56. The lowest BCUT2D eigenvalue weighted by molar-refractivity contribution is 0.0124. The Hall–Kier alpha value is -3.27. The summed E-state index contributed by atoms with van der Waals surface area (Å²) in [5.41, 5.74) is 7.94. The molecule has 4 aromatic rings. The average molecular weight is 550 g/mol. The Labute approximate surface area is 231 Å². The van der Waals surface area contributed by atoms with Crippen LogP contribution in [-0.2, 0) is 13.1 Å². The second kappa shape index (κ2) is 10.3. The fraction of sp³-hybridized carbons (Fsp3) is 0.419. The van der Waals surface area contributed by atoms with E-state index in [1.165, 1.54) is 22.9 Å². The summed E-state index contributed by atoms with van der Waals surface area (Å²) < 4.78 is 47.0. The molecule has 6 rings (SSSR count). The highest BCUT2D eigenvalue weighted by Gasteiger charge is 2.44. The van der Waals surface area contributed by atoms with Crippen molar-refractivity contribution in [2.45, 2.75) is 82.8 Å². The van der Waals surface area contributed by atoms with Crippen molar-refractivity contribution in [3.8, 4) is 22.3 Å². The van der Waals surface area contributed by atoms with Gasteiger partial charge in [0.2, 0.25) is 0 Å². The van der Waals surface area contributed by atoms with Crippen LogP contribution in [0.5, 0.6) is 0 Å². The number of nitrogens with zero attached hydrogens (tertiary/aromatic N) is 4. The average Bonchev–Trinajstić information content (AvgIpc) is 3.62. The summed E-state index contributed by atoms with van der Waals surface area (Å²) in [5.74, 6) is -2.53. The molecule has 0 radical (unpaired) electrons. The summed E-state index contributed by atoms with van der Waals surface area (Å²) >= 11 is 0. The van der Waals surface area contributed by atoms with E-state index in [9.17, 15) is 9.50 Å². The molecule has 2 bridgehead atoms. The SMILES string of the molecule is CCC(O)(CC)Cn1nnc2cc(-c3ccc(CN4[C@@H]5CC[C@H]4[C@@H](N)C5)cc3-c3cccc(F)c3)c(F)c(F)c21. The molecule has 210 valence electrons. The standard InChI is InChI=1S/C31H34F3N5O/c1-3-31(40,4-2)17-39-30-26(36-37-39)15-24(28(33)29(30)34)22-10-8-18(12-23(22)19-6-5-7-20(32)13-19)16-38-21-9-11-27(38)25(35)14-21/h5-8,10,12-13,15,21,25,27,40H,3-4,9,11,14,16-17,35H2,1-2H3/t21-,25+,27+/m1/s1. The van der Waals surface area contributed by atoms with Crippen molar-refractivity contribution >= 4 is 11.0 Å². The number of fused-ring (bicyclic) bond motifs is 3. The van der Waals surface area contributed by atoms with Crippen LogP contribution in [0.1, 0.15) is 51.5 Å². The predicted octanol–water partition coefficient (Wildman–Crippen LogP) is 5.80. The second-order valence-electron chi connectivity index (χ2n) is 11.4. The summed E-state index contributed by atoms with van der Waals surface area (Å²) in [4.78, 5) is 2.44. The monoisotopic (exact) mass is 549 g/mol. The number of nitrogens with two attached hydrogens (primary N) is 1. The molecule has 0 aliphatic carbocycles. The Kier molecular flexibility index (Phi) is 6.92. The zero-order valence-corrected chi connectivity index (χ0v) is 22.7. The van der Waals surface area contributed by atoms with Crippen LogP contribution in [-0.4, -0.2) is 48.7 Å². The molecular formula is C31H34F3N5O. The minimum Gasteiger partial charge on any atom is -0.388 e. The number of benzene rings is 3. The molecule has 0 amide bonds. The Morgan fingerprint density at radius 2 is 1.77 bits per heavy atom. The lowest BCUT2D eigenvalue weighted by atomic mass is 9.91. The first kappa shape index (κ1) is 26.9. The third-order valence-corrected chi connectivity index (χ3v) is 9.04. The lowest BCUT2D eigenvalue weighted by Gasteiger charge is -2.25. The Balaban J connectivity index is 1.44. The van der Waals surface area contributed by atoms with E-state index in [1.54, 1.807) is 18.2 Å². The Morgan fingerprint density at radius 1 is 0.975 bits per heavy atom. The Bertz CT molecular complexity index is 1570. The van der Waals surface area contributed by atoms with Gasteiger partial charge in [-0.25, -0.2) is 17.9 Å². The van der Waals surface area contributed by atoms with E-state index in [2.05, 4.69) is 15.2 Å². The van der Waals surface area contributed by atoms with Crippen molar-refractivity contribution in [1.82, 2.24) is 19.9 Å². The van der Waals surface area contributed by atoms with Gasteiger partial charge in [0.1, 0.15) is 16.9 Å². The van der Waals surface area contributed by atoms with Gasteiger partial charge in [0, 0.05) is 30.2 Å². The Morgan fingerprint density at radius 3 is 2.45 bits per heavy atom. The van der Waals surface area contributed by atoms with Gasteiger partial charge in [-0.3, -0.25) is 4.90 Å². The van der Waals surface area contributed by atoms with Gasteiger partial charge in [-0.15, -0.1) is 5.10 Å².